The quantitative estimate of drug-likeness (QED) is 0.244. The van der Waals surface area contributed by atoms with E-state index in [0.717, 1.165) is 0 Å². The molecule has 3 aliphatic heterocycles. The summed E-state index contributed by atoms with van der Waals surface area (Å²) in [6, 6.07) is 2.81. The van der Waals surface area contributed by atoms with Crippen LogP contribution in [0.25, 0.3) is 22.4 Å². The van der Waals surface area contributed by atoms with Gasteiger partial charge in [-0.25, -0.2) is 8.78 Å². The Bertz CT molecular complexity index is 1720. The molecular formula is C36H43BF2N4O6. The molecular weight excluding hydrogens is 633 g/mol. The molecule has 4 heterocycles. The Morgan fingerprint density at radius 1 is 0.755 bits per heavy atom. The van der Waals surface area contributed by atoms with Crippen molar-refractivity contribution < 1.29 is 37.2 Å². The lowest BCUT2D eigenvalue weighted by atomic mass is 9.75. The van der Waals surface area contributed by atoms with Gasteiger partial charge in [-0.1, -0.05) is 0 Å². The van der Waals surface area contributed by atoms with Gasteiger partial charge >= 0.3 is 7.12 Å². The molecule has 3 saturated heterocycles. The SMILES string of the molecule is CC1CN(c2c(C=O)cc(B3OC(C)(C)C(C)(C)O3)c(F)c2-c2c(C=O)cc(-c3cnccn3)c(F)c2N2CC(C)OC(C)C2)CC(C)O1. The Balaban J connectivity index is 1.72. The molecule has 260 valence electrons. The van der Waals surface area contributed by atoms with Crippen LogP contribution in [0.15, 0.2) is 30.7 Å². The topological polar surface area (TPSA) is 103 Å². The van der Waals surface area contributed by atoms with Crippen LogP contribution in [0.5, 0.6) is 0 Å². The fourth-order valence-electron chi connectivity index (χ4n) is 7.16. The van der Waals surface area contributed by atoms with Crippen molar-refractivity contribution in [2.75, 3.05) is 36.0 Å². The molecule has 49 heavy (non-hydrogen) atoms. The van der Waals surface area contributed by atoms with Crippen LogP contribution in [0.4, 0.5) is 20.2 Å². The first-order chi connectivity index (χ1) is 23.2. The monoisotopic (exact) mass is 676 g/mol. The second kappa shape index (κ2) is 13.2. The van der Waals surface area contributed by atoms with Crippen LogP contribution < -0.4 is 15.3 Å². The van der Waals surface area contributed by atoms with E-state index < -0.39 is 30.0 Å². The maximum atomic E-state index is 17.8. The van der Waals surface area contributed by atoms with Gasteiger partial charge in [-0.15, -0.1) is 0 Å². The summed E-state index contributed by atoms with van der Waals surface area (Å²) in [7, 11) is -1.19. The lowest BCUT2D eigenvalue weighted by molar-refractivity contribution is -0.00567. The Hall–Kier alpha value is -3.78. The molecule has 4 atom stereocenters. The molecule has 3 fully saturated rings. The minimum absolute atomic E-state index is 0.00433. The van der Waals surface area contributed by atoms with Crippen LogP contribution in [0, 0.1) is 11.6 Å². The molecule has 6 rings (SSSR count). The van der Waals surface area contributed by atoms with E-state index in [-0.39, 0.29) is 87.9 Å². The molecule has 10 nitrogen and oxygen atoms in total. The molecule has 0 N–H and O–H groups in total. The number of carbonyl (C=O) groups is 2. The van der Waals surface area contributed by atoms with Crippen molar-refractivity contribution in [2.24, 2.45) is 0 Å². The lowest BCUT2D eigenvalue weighted by Crippen LogP contribution is -2.47. The third-order valence-electron chi connectivity index (χ3n) is 9.89. The number of carbonyl (C=O) groups excluding carboxylic acids is 2. The van der Waals surface area contributed by atoms with Crippen molar-refractivity contribution >= 4 is 36.5 Å². The van der Waals surface area contributed by atoms with Gasteiger partial charge in [-0.05, 0) is 67.5 Å². The predicted molar refractivity (Wildman–Crippen MR) is 184 cm³/mol. The normalized spacial score (nSPS) is 25.1. The van der Waals surface area contributed by atoms with Gasteiger partial charge in [-0.2, -0.15) is 0 Å². The highest BCUT2D eigenvalue weighted by Crippen LogP contribution is 2.47. The van der Waals surface area contributed by atoms with Crippen molar-refractivity contribution in [3.05, 3.63) is 53.5 Å². The lowest BCUT2D eigenvalue weighted by Gasteiger charge is -2.40. The van der Waals surface area contributed by atoms with Gasteiger partial charge in [0.2, 0.25) is 0 Å². The molecule has 3 aromatic rings. The zero-order valence-corrected chi connectivity index (χ0v) is 29.3. The third kappa shape index (κ3) is 6.37. The van der Waals surface area contributed by atoms with Crippen LogP contribution in [-0.4, -0.2) is 91.5 Å². The molecule has 0 radical (unpaired) electrons. The summed E-state index contributed by atoms with van der Waals surface area (Å²) < 4.78 is 59.6. The summed E-state index contributed by atoms with van der Waals surface area (Å²) in [5.41, 5.74) is -1.09. The molecule has 0 amide bonds. The number of aldehydes is 2. The van der Waals surface area contributed by atoms with Gasteiger partial charge in [0, 0.05) is 71.9 Å². The van der Waals surface area contributed by atoms with E-state index in [1.54, 1.807) is 4.90 Å². The van der Waals surface area contributed by atoms with Gasteiger partial charge in [-0.3, -0.25) is 19.6 Å². The highest BCUT2D eigenvalue weighted by Gasteiger charge is 2.53. The van der Waals surface area contributed by atoms with Gasteiger partial charge in [0.05, 0.1) is 58.9 Å². The standard InChI is InChI=1S/C36H43BF2N4O6/c1-20-14-42(15-21(2)46-20)33-25(19-45)12-27(37-48-35(5,6)36(7,8)49-37)32(39)30(33)29-24(18-44)11-26(28-13-40-9-10-41-28)31(38)34(29)43-16-22(3)47-23(4)17-43/h9-13,18-23H,14-17H2,1-8H3. The zero-order chi connectivity index (χ0) is 35.4. The molecule has 4 unspecified atom stereocenters. The molecule has 0 saturated carbocycles. The molecule has 0 spiro atoms. The highest BCUT2D eigenvalue weighted by molar-refractivity contribution is 6.62. The number of benzene rings is 2. The summed E-state index contributed by atoms with van der Waals surface area (Å²) in [5, 5.41) is 0. The first-order valence-electron chi connectivity index (χ1n) is 16.7. The average molecular weight is 677 g/mol. The summed E-state index contributed by atoms with van der Waals surface area (Å²) in [5.74, 6) is -1.48. The van der Waals surface area contributed by atoms with Crippen LogP contribution in [0.1, 0.15) is 76.1 Å². The van der Waals surface area contributed by atoms with E-state index in [9.17, 15) is 9.59 Å². The maximum absolute atomic E-state index is 17.8. The van der Waals surface area contributed by atoms with E-state index in [1.807, 2.05) is 60.3 Å². The van der Waals surface area contributed by atoms with Crippen LogP contribution in [-0.2, 0) is 18.8 Å². The number of nitrogens with zero attached hydrogens (tertiary/aromatic N) is 4. The van der Waals surface area contributed by atoms with Crippen LogP contribution in [0.2, 0.25) is 0 Å². The minimum atomic E-state index is -1.19. The van der Waals surface area contributed by atoms with E-state index in [2.05, 4.69) is 9.97 Å². The van der Waals surface area contributed by atoms with Crippen molar-refractivity contribution in [3.63, 3.8) is 0 Å². The van der Waals surface area contributed by atoms with Gasteiger partial charge in [0.25, 0.3) is 0 Å². The van der Waals surface area contributed by atoms with E-state index >= 15 is 8.78 Å². The molecule has 3 aliphatic rings. The predicted octanol–water partition coefficient (Wildman–Crippen LogP) is 5.24. The summed E-state index contributed by atoms with van der Waals surface area (Å²) in [6.07, 6.45) is 4.43. The number of hydrogen-bond acceptors (Lipinski definition) is 10. The molecule has 0 aliphatic carbocycles. The molecule has 2 aromatic carbocycles. The second-order valence-corrected chi connectivity index (χ2v) is 14.4. The number of hydrogen-bond donors (Lipinski definition) is 0. The van der Waals surface area contributed by atoms with Gasteiger partial charge < -0.3 is 28.6 Å². The summed E-state index contributed by atoms with van der Waals surface area (Å²) >= 11 is 0. The van der Waals surface area contributed by atoms with Crippen molar-refractivity contribution in [1.29, 1.82) is 0 Å². The van der Waals surface area contributed by atoms with Gasteiger partial charge in [0.1, 0.15) is 5.82 Å². The number of morpholine rings is 2. The Morgan fingerprint density at radius 3 is 1.78 bits per heavy atom. The largest absolute Gasteiger partial charge is 0.497 e. The number of ether oxygens (including phenoxy) is 2. The van der Waals surface area contributed by atoms with Crippen molar-refractivity contribution in [2.45, 2.75) is 91.0 Å². The van der Waals surface area contributed by atoms with E-state index in [1.165, 1.54) is 30.7 Å². The van der Waals surface area contributed by atoms with Crippen molar-refractivity contribution in [1.82, 2.24) is 9.97 Å². The molecule has 1 aromatic heterocycles. The van der Waals surface area contributed by atoms with E-state index in [4.69, 9.17) is 18.8 Å². The summed E-state index contributed by atoms with van der Waals surface area (Å²) in [6.45, 7) is 16.1. The van der Waals surface area contributed by atoms with E-state index in [0.29, 0.717) is 25.7 Å². The average Bonchev–Trinajstić information content (AvgIpc) is 3.25. The number of rotatable bonds is 7. The fourth-order valence-corrected chi connectivity index (χ4v) is 7.16. The Kier molecular flexibility index (Phi) is 9.42. The van der Waals surface area contributed by atoms with Gasteiger partial charge in [0.15, 0.2) is 18.4 Å². The molecule has 0 bridgehead atoms. The maximum Gasteiger partial charge on any atom is 0.497 e. The number of aromatic nitrogens is 2. The fraction of sp³-hybridized carbons (Fsp3) is 0.500. The number of halogens is 2. The highest BCUT2D eigenvalue weighted by atomic mass is 19.1. The first-order valence-corrected chi connectivity index (χ1v) is 16.7. The Morgan fingerprint density at radius 2 is 1.29 bits per heavy atom. The molecule has 13 heteroatoms. The second-order valence-electron chi connectivity index (χ2n) is 14.4. The minimum Gasteiger partial charge on any atom is -0.399 e. The zero-order valence-electron chi connectivity index (χ0n) is 29.3. The van der Waals surface area contributed by atoms with Crippen LogP contribution >= 0.6 is 0 Å². The summed E-state index contributed by atoms with van der Waals surface area (Å²) in [4.78, 5) is 38.3. The smallest absolute Gasteiger partial charge is 0.399 e. The van der Waals surface area contributed by atoms with Crippen LogP contribution in [0.3, 0.4) is 0 Å². The first kappa shape index (κ1) is 35.1. The third-order valence-corrected chi connectivity index (χ3v) is 9.89. The number of anilines is 2. The Labute approximate surface area is 286 Å². The van der Waals surface area contributed by atoms with Crippen molar-refractivity contribution in [3.8, 4) is 22.4 Å².